The Kier molecular flexibility index (Phi) is 7.92. The van der Waals surface area contributed by atoms with Gasteiger partial charge in [-0.15, -0.1) is 0 Å². The zero-order valence-corrected chi connectivity index (χ0v) is 10.2. The van der Waals surface area contributed by atoms with E-state index in [4.69, 9.17) is 3.67 Å². The molecule has 0 atom stereocenters. The topological polar surface area (TPSA) is 124 Å². The first kappa shape index (κ1) is 15.9. The second-order valence-electron chi connectivity index (χ2n) is 2.57. The molecule has 0 aromatic carbocycles. The van der Waals surface area contributed by atoms with E-state index in [1.54, 1.807) is 0 Å². The van der Waals surface area contributed by atoms with Gasteiger partial charge in [-0.25, -0.2) is 0 Å². The fourth-order valence-electron chi connectivity index (χ4n) is 0.685. The van der Waals surface area contributed by atoms with Gasteiger partial charge >= 0.3 is 21.0 Å². The molecule has 2 aromatic heterocycles. The molecule has 0 radical (unpaired) electrons. The van der Waals surface area contributed by atoms with Crippen LogP contribution < -0.4 is 21.1 Å². The van der Waals surface area contributed by atoms with Gasteiger partial charge in [0.1, 0.15) is 0 Å². The first-order chi connectivity index (χ1) is 8.61. The van der Waals surface area contributed by atoms with Crippen molar-refractivity contribution in [2.24, 2.45) is 0 Å². The van der Waals surface area contributed by atoms with Crippen LogP contribution in [-0.2, 0) is 21.0 Å². The molecule has 7 nitrogen and oxygen atoms in total. The monoisotopic (exact) mass is 289 g/mol. The Morgan fingerprint density at radius 3 is 1.33 bits per heavy atom. The molecule has 0 amide bonds. The third-order valence-corrected chi connectivity index (χ3v) is 1.43. The van der Waals surface area contributed by atoms with E-state index in [2.05, 4.69) is 8.83 Å². The van der Waals surface area contributed by atoms with Crippen molar-refractivity contribution in [3.8, 4) is 11.5 Å². The predicted octanol–water partition coefficient (Wildman–Crippen LogP) is -0.695. The molecule has 18 heavy (non-hydrogen) atoms. The molecule has 2 heterocycles. The second-order valence-corrected chi connectivity index (χ2v) is 2.57. The first-order valence-corrected chi connectivity index (χ1v) is 4.83. The summed E-state index contributed by atoms with van der Waals surface area (Å²) in [6.45, 7) is 0. The van der Waals surface area contributed by atoms with Gasteiger partial charge in [-0.1, -0.05) is 0 Å². The van der Waals surface area contributed by atoms with Crippen LogP contribution in [0, 0.1) is 0 Å². The van der Waals surface area contributed by atoms with Crippen molar-refractivity contribution in [2.75, 3.05) is 0 Å². The van der Waals surface area contributed by atoms with E-state index in [1.807, 2.05) is 0 Å². The summed E-state index contributed by atoms with van der Waals surface area (Å²) in [7, 11) is 0. The fraction of sp³-hybridized carbons (Fsp3) is 0. The van der Waals surface area contributed by atoms with Gasteiger partial charge in [0, 0.05) is 12.1 Å². The summed E-state index contributed by atoms with van der Waals surface area (Å²) in [6, 6.07) is 2.17. The van der Waals surface area contributed by atoms with Crippen molar-refractivity contribution in [1.29, 1.82) is 0 Å². The molecule has 93 valence electrons. The predicted molar refractivity (Wildman–Crippen MR) is 49.5 cm³/mol. The first-order valence-electron chi connectivity index (χ1n) is 4.26. The molecule has 0 spiro atoms. The molecule has 0 aliphatic rings. The molecule has 0 saturated carbocycles. The standard InChI is InChI=1S/2C5H4O3.O.V/c2*6-4-1-2-8-3-5(4)7;;/h2*1-3,7H;;/q;;;+2/p-2. The van der Waals surface area contributed by atoms with Gasteiger partial charge in [0.05, 0.1) is 25.1 Å². The van der Waals surface area contributed by atoms with Crippen LogP contribution in [-0.4, -0.2) is 0 Å². The number of rotatable bonds is 0. The van der Waals surface area contributed by atoms with Crippen molar-refractivity contribution >= 4 is 0 Å². The van der Waals surface area contributed by atoms with Gasteiger partial charge in [-0.3, -0.25) is 9.59 Å². The van der Waals surface area contributed by atoms with Crippen molar-refractivity contribution in [3.05, 3.63) is 57.6 Å². The van der Waals surface area contributed by atoms with E-state index in [9.17, 15) is 19.8 Å². The Bertz CT molecular complexity index is 523. The summed E-state index contributed by atoms with van der Waals surface area (Å²) in [5.74, 6) is -1.21. The van der Waals surface area contributed by atoms with Crippen LogP contribution in [0.2, 0.25) is 0 Å². The van der Waals surface area contributed by atoms with Crippen LogP contribution in [0.3, 0.4) is 0 Å². The van der Waals surface area contributed by atoms with Crippen molar-refractivity contribution in [2.45, 2.75) is 0 Å². The molecule has 8 heteroatoms. The minimum atomic E-state index is -0.604. The van der Waals surface area contributed by atoms with Gasteiger partial charge in [0.15, 0.2) is 10.9 Å². The Morgan fingerprint density at radius 2 is 1.17 bits per heavy atom. The van der Waals surface area contributed by atoms with E-state index in [-0.39, 0.29) is 0 Å². The zero-order chi connectivity index (χ0) is 14.0. The molecular formula is C10H6O7V. The fourth-order valence-corrected chi connectivity index (χ4v) is 0.685. The van der Waals surface area contributed by atoms with Crippen LogP contribution in [0.25, 0.3) is 0 Å². The maximum atomic E-state index is 10.2. The van der Waals surface area contributed by atoms with Gasteiger partial charge in [-0.2, -0.15) is 0 Å². The Hall–Kier alpha value is -2.12. The van der Waals surface area contributed by atoms with Crippen LogP contribution in [0.5, 0.6) is 11.5 Å². The van der Waals surface area contributed by atoms with E-state index < -0.39 is 22.4 Å². The normalized spacial score (nSPS) is 8.33. The van der Waals surface area contributed by atoms with Crippen LogP contribution in [0.15, 0.2) is 55.6 Å². The van der Waals surface area contributed by atoms with Crippen molar-refractivity contribution < 1.29 is 40.1 Å². The average Bonchev–Trinajstić information content (AvgIpc) is 2.40. The van der Waals surface area contributed by atoms with E-state index in [0.29, 0.717) is 0 Å². The van der Waals surface area contributed by atoms with Gasteiger partial charge in [0.2, 0.25) is 0 Å². The molecule has 2 aromatic rings. The molecule has 0 aliphatic heterocycles. The molecule has 0 aliphatic carbocycles. The third-order valence-electron chi connectivity index (χ3n) is 1.43. The van der Waals surface area contributed by atoms with E-state index in [0.717, 1.165) is 42.0 Å². The quantitative estimate of drug-likeness (QED) is 0.628. The summed E-state index contributed by atoms with van der Waals surface area (Å²) >= 11 is 1.06. The minimum absolute atomic E-state index is 0.531. The van der Waals surface area contributed by atoms with E-state index >= 15 is 0 Å². The summed E-state index contributed by atoms with van der Waals surface area (Å²) in [5.41, 5.74) is -1.06. The van der Waals surface area contributed by atoms with Gasteiger partial charge < -0.3 is 19.0 Å². The third kappa shape index (κ3) is 5.83. The molecule has 0 saturated heterocycles. The SMILES string of the molecule is O=c1ccocc1[O-].O=c1ccocc1[O-].[O]=[V+2]. The van der Waals surface area contributed by atoms with Crippen molar-refractivity contribution in [3.63, 3.8) is 0 Å². The summed E-state index contributed by atoms with van der Waals surface area (Å²) in [4.78, 5) is 20.5. The molecular weight excluding hydrogens is 283 g/mol. The number of hydrogen-bond donors (Lipinski definition) is 0. The Labute approximate surface area is 110 Å². The van der Waals surface area contributed by atoms with E-state index in [1.165, 1.54) is 12.5 Å². The van der Waals surface area contributed by atoms with Crippen LogP contribution in [0.4, 0.5) is 0 Å². The maximum absolute atomic E-state index is 10.2. The molecule has 2 rings (SSSR count). The summed E-state index contributed by atoms with van der Waals surface area (Å²) in [5, 5.41) is 20.4. The average molecular weight is 289 g/mol. The zero-order valence-electron chi connectivity index (χ0n) is 8.77. The van der Waals surface area contributed by atoms with Crippen molar-refractivity contribution in [1.82, 2.24) is 0 Å². The Balaban J connectivity index is 0.000000283. The van der Waals surface area contributed by atoms with Gasteiger partial charge in [-0.05, 0) is 11.5 Å². The molecule has 0 fully saturated rings. The molecule has 0 bridgehead atoms. The summed E-state index contributed by atoms with van der Waals surface area (Å²) < 4.78 is 16.9. The number of hydrogen-bond acceptors (Lipinski definition) is 7. The molecule has 0 unspecified atom stereocenters. The van der Waals surface area contributed by atoms with Gasteiger partial charge in [0.25, 0.3) is 0 Å². The molecule has 0 N–H and O–H groups in total. The van der Waals surface area contributed by atoms with Crippen LogP contribution >= 0.6 is 0 Å². The Morgan fingerprint density at radius 1 is 0.833 bits per heavy atom. The van der Waals surface area contributed by atoms with Crippen LogP contribution in [0.1, 0.15) is 0 Å². The summed E-state index contributed by atoms with van der Waals surface area (Å²) in [6.07, 6.45) is 4.10. The second kappa shape index (κ2) is 8.97.